The molecule has 0 bridgehead atoms. The second kappa shape index (κ2) is 12.8. The van der Waals surface area contributed by atoms with Gasteiger partial charge in [0, 0.05) is 50.0 Å². The van der Waals surface area contributed by atoms with Crippen LogP contribution in [0.1, 0.15) is 36.6 Å². The lowest BCUT2D eigenvalue weighted by Crippen LogP contribution is -2.59. The van der Waals surface area contributed by atoms with Crippen molar-refractivity contribution in [3.8, 4) is 23.0 Å². The summed E-state index contributed by atoms with van der Waals surface area (Å²) in [5, 5.41) is 11.4. The quantitative estimate of drug-likeness (QED) is 0.115. The Hall–Kier alpha value is -4.54. The van der Waals surface area contributed by atoms with E-state index in [1.54, 1.807) is 50.4 Å². The molecule has 15 nitrogen and oxygen atoms in total. The number of aromatic nitrogens is 5. The molecule has 2 aliphatic heterocycles. The van der Waals surface area contributed by atoms with Crippen LogP contribution in [0.2, 0.25) is 0 Å². The Morgan fingerprint density at radius 2 is 1.73 bits per heavy atom. The number of amides is 2. The van der Waals surface area contributed by atoms with Gasteiger partial charge in [-0.15, -0.1) is 23.2 Å². The van der Waals surface area contributed by atoms with E-state index in [-0.39, 0.29) is 60.7 Å². The van der Waals surface area contributed by atoms with E-state index in [2.05, 4.69) is 20.9 Å². The number of rotatable bonds is 9. The van der Waals surface area contributed by atoms with E-state index in [1.165, 1.54) is 28.2 Å². The second-order valence-corrected chi connectivity index (χ2v) is 14.4. The maximum absolute atomic E-state index is 14.2. The Balaban J connectivity index is 1.33. The van der Waals surface area contributed by atoms with Crippen molar-refractivity contribution in [2.24, 2.45) is 7.05 Å². The molecule has 1 saturated carbocycles. The summed E-state index contributed by atoms with van der Waals surface area (Å²) in [6.07, 6.45) is 1.28. The summed E-state index contributed by atoms with van der Waals surface area (Å²) in [4.78, 5) is 70.6. The summed E-state index contributed by atoms with van der Waals surface area (Å²) in [7, 11) is 4.54. The number of phenolic OH excluding ortho intramolecular Hbond substituents is 1. The van der Waals surface area contributed by atoms with Crippen LogP contribution in [0.3, 0.4) is 0 Å². The van der Waals surface area contributed by atoms with Crippen LogP contribution < -0.4 is 31.1 Å². The fraction of sp³-hybridized carbons (Fsp3) is 0.412. The van der Waals surface area contributed by atoms with Gasteiger partial charge < -0.3 is 23.9 Å². The highest BCUT2D eigenvalue weighted by Gasteiger charge is 2.75. The molecular formula is C34H33BrCl2N6O9. The number of alkyl halides is 3. The summed E-state index contributed by atoms with van der Waals surface area (Å²) < 4.78 is 21.2. The molecule has 2 aromatic heterocycles. The largest absolute Gasteiger partial charge is 0.504 e. The van der Waals surface area contributed by atoms with Gasteiger partial charge in [-0.2, -0.15) is 0 Å². The Bertz CT molecular complexity index is 2400. The minimum atomic E-state index is -2.12. The molecule has 3 aliphatic rings. The van der Waals surface area contributed by atoms with Crippen molar-refractivity contribution < 1.29 is 28.9 Å². The number of nitrogens with zero attached hydrogens (tertiary/aromatic N) is 6. The van der Waals surface area contributed by atoms with E-state index in [4.69, 9.17) is 37.4 Å². The number of ether oxygens (including phenoxy) is 3. The van der Waals surface area contributed by atoms with Gasteiger partial charge in [0.1, 0.15) is 5.69 Å². The van der Waals surface area contributed by atoms with Crippen LogP contribution in [-0.2, 0) is 36.1 Å². The molecule has 52 heavy (non-hydrogen) atoms. The number of allylic oxidation sites excluding steroid dienone is 2. The smallest absolute Gasteiger partial charge is 0.347 e. The highest BCUT2D eigenvalue weighted by Crippen LogP contribution is 2.64. The standard InChI is InChI=1S/C34H33BrCl2N6O9/c1-5-52-23-8-6-7-18(27(23)44)26-17-9-12-42-31(48)40(11-10-19-28(45)39(2)21-14-25(51-4)24(50-3)13-20(21)38-19)32(49)43(42)22(17)15-33(36)29(46)41(16-35)30(47)34(26,33)37/h6-9,13-14,22,26,44H,5,10-12,15-16H2,1-4H3/t22-,26-,33-,34+/m1/s1. The zero-order chi connectivity index (χ0) is 37.4. The molecule has 4 aromatic rings. The average Bonchev–Trinajstić information content (AvgIpc) is 3.46. The molecular weight excluding hydrogens is 787 g/mol. The molecule has 1 aliphatic carbocycles. The van der Waals surface area contributed by atoms with Crippen LogP contribution in [0, 0.1) is 0 Å². The normalized spacial score (nSPS) is 23.7. The molecule has 0 radical (unpaired) electrons. The van der Waals surface area contributed by atoms with Gasteiger partial charge in [0.25, 0.3) is 17.4 Å². The van der Waals surface area contributed by atoms with Gasteiger partial charge >= 0.3 is 11.4 Å². The van der Waals surface area contributed by atoms with E-state index in [1.807, 2.05) is 0 Å². The van der Waals surface area contributed by atoms with Crippen LogP contribution in [0.4, 0.5) is 0 Å². The summed E-state index contributed by atoms with van der Waals surface area (Å²) in [6, 6.07) is 6.96. The lowest BCUT2D eigenvalue weighted by molar-refractivity contribution is -0.138. The predicted molar refractivity (Wildman–Crippen MR) is 193 cm³/mol. The van der Waals surface area contributed by atoms with Crippen molar-refractivity contribution in [3.05, 3.63) is 84.6 Å². The van der Waals surface area contributed by atoms with Gasteiger partial charge in [-0.05, 0) is 18.6 Å². The first-order chi connectivity index (χ1) is 24.8. The van der Waals surface area contributed by atoms with Gasteiger partial charge in [-0.25, -0.2) is 28.5 Å². The summed E-state index contributed by atoms with van der Waals surface area (Å²) >= 11 is 17.7. The Morgan fingerprint density at radius 1 is 1.02 bits per heavy atom. The zero-order valence-electron chi connectivity index (χ0n) is 28.4. The number of imide groups is 1. The van der Waals surface area contributed by atoms with Crippen molar-refractivity contribution >= 4 is 62.0 Å². The number of hydrogen-bond donors (Lipinski definition) is 1. The Kier molecular flexibility index (Phi) is 8.85. The van der Waals surface area contributed by atoms with Crippen LogP contribution in [-0.4, -0.2) is 81.3 Å². The molecule has 2 amide bonds. The maximum Gasteiger partial charge on any atom is 0.347 e. The number of hydrogen-bond acceptors (Lipinski definition) is 10. The number of aromatic hydroxyl groups is 1. The lowest BCUT2D eigenvalue weighted by atomic mass is 9.64. The van der Waals surface area contributed by atoms with Crippen molar-refractivity contribution in [2.75, 3.05) is 26.3 Å². The van der Waals surface area contributed by atoms with E-state index in [0.29, 0.717) is 28.1 Å². The first kappa shape index (κ1) is 35.8. The number of halogens is 3. The van der Waals surface area contributed by atoms with E-state index < -0.39 is 50.5 Å². The van der Waals surface area contributed by atoms with Gasteiger partial charge in [-0.1, -0.05) is 34.1 Å². The van der Waals surface area contributed by atoms with Gasteiger partial charge in [0.05, 0.1) is 49.9 Å². The highest BCUT2D eigenvalue weighted by atomic mass is 79.9. The molecule has 2 aromatic carbocycles. The van der Waals surface area contributed by atoms with E-state index >= 15 is 0 Å². The van der Waals surface area contributed by atoms with Crippen molar-refractivity contribution in [1.82, 2.24) is 28.4 Å². The molecule has 274 valence electrons. The third kappa shape index (κ3) is 4.83. The van der Waals surface area contributed by atoms with E-state index in [0.717, 1.165) is 9.47 Å². The second-order valence-electron chi connectivity index (χ2n) is 12.7. The Morgan fingerprint density at radius 3 is 2.40 bits per heavy atom. The number of para-hydroxylation sites is 1. The number of likely N-dealkylation sites (tertiary alicyclic amines) is 1. The minimum Gasteiger partial charge on any atom is -0.504 e. The first-order valence-electron chi connectivity index (χ1n) is 16.3. The molecule has 18 heteroatoms. The highest BCUT2D eigenvalue weighted by molar-refractivity contribution is 9.09. The minimum absolute atomic E-state index is 0.0702. The lowest BCUT2D eigenvalue weighted by Gasteiger charge is -2.49. The van der Waals surface area contributed by atoms with Crippen LogP contribution in [0.5, 0.6) is 23.0 Å². The monoisotopic (exact) mass is 818 g/mol. The van der Waals surface area contributed by atoms with Crippen LogP contribution in [0.25, 0.3) is 11.0 Å². The van der Waals surface area contributed by atoms with Crippen LogP contribution >= 0.6 is 39.1 Å². The number of benzene rings is 2. The first-order valence-corrected chi connectivity index (χ1v) is 18.1. The number of methoxy groups -OCH3 is 2. The summed E-state index contributed by atoms with van der Waals surface area (Å²) in [5.41, 5.74) is -0.380. The SMILES string of the molecule is CCOc1cccc([C@H]2C3=CCn4c(=O)n(CCc5nc6cc(OC)c(OC)cc6n(C)c5=O)c(=O)n4[C@@H]3C[C@@]3(Cl)C(=O)N(CBr)C(=O)[C@@]23Cl)c1O. The molecule has 1 N–H and O–H groups in total. The topological polar surface area (TPSA) is 169 Å². The molecule has 4 atom stereocenters. The zero-order valence-corrected chi connectivity index (χ0v) is 31.5. The predicted octanol–water partition coefficient (Wildman–Crippen LogP) is 2.77. The van der Waals surface area contributed by atoms with Gasteiger partial charge in [0.15, 0.2) is 32.7 Å². The fourth-order valence-corrected chi connectivity index (χ4v) is 9.13. The molecule has 0 spiro atoms. The molecule has 4 heterocycles. The van der Waals surface area contributed by atoms with Crippen LogP contribution in [0.15, 0.2) is 56.4 Å². The molecule has 0 unspecified atom stereocenters. The van der Waals surface area contributed by atoms with Gasteiger partial charge in [-0.3, -0.25) is 19.3 Å². The van der Waals surface area contributed by atoms with Gasteiger partial charge in [0.2, 0.25) is 0 Å². The summed E-state index contributed by atoms with van der Waals surface area (Å²) in [6.45, 7) is 1.67. The number of carbonyl (C=O) groups is 2. The Labute approximate surface area is 313 Å². The van der Waals surface area contributed by atoms with Crippen molar-refractivity contribution in [3.63, 3.8) is 0 Å². The number of fused-ring (bicyclic) bond motifs is 5. The van der Waals surface area contributed by atoms with E-state index in [9.17, 15) is 29.1 Å². The number of carbonyl (C=O) groups excluding carboxylic acids is 2. The molecule has 1 saturated heterocycles. The third-order valence-electron chi connectivity index (χ3n) is 10.2. The molecule has 7 rings (SSSR count). The third-order valence-corrected chi connectivity index (χ3v) is 12.1. The summed E-state index contributed by atoms with van der Waals surface area (Å²) in [5.74, 6) is -2.12. The fourth-order valence-electron chi connectivity index (χ4n) is 7.73. The maximum atomic E-state index is 14.2. The van der Waals surface area contributed by atoms with Crippen molar-refractivity contribution in [2.45, 2.75) is 54.6 Å². The average molecular weight is 820 g/mol. The molecule has 2 fully saturated rings. The van der Waals surface area contributed by atoms with Crippen molar-refractivity contribution in [1.29, 1.82) is 0 Å². The number of phenols is 1. The number of aryl methyl sites for hydroxylation is 2.